The van der Waals surface area contributed by atoms with Gasteiger partial charge in [0.25, 0.3) is 5.91 Å². The third-order valence-corrected chi connectivity index (χ3v) is 6.05. The van der Waals surface area contributed by atoms with Gasteiger partial charge in [-0.2, -0.15) is 4.31 Å². The Kier molecular flexibility index (Phi) is 6.01. The van der Waals surface area contributed by atoms with E-state index in [1.807, 2.05) is 6.92 Å². The molecule has 0 unspecified atom stereocenters. The molecule has 0 aliphatic carbocycles. The fourth-order valence-electron chi connectivity index (χ4n) is 2.76. The summed E-state index contributed by atoms with van der Waals surface area (Å²) in [6.45, 7) is 2.61. The van der Waals surface area contributed by atoms with Gasteiger partial charge in [-0.05, 0) is 38.0 Å². The maximum Gasteiger partial charge on any atom is 0.251 e. The number of hydrogen-bond donors (Lipinski definition) is 1. The highest BCUT2D eigenvalue weighted by Gasteiger charge is 2.29. The third kappa shape index (κ3) is 4.68. The number of rotatable bonds is 6. The van der Waals surface area contributed by atoms with Crippen LogP contribution in [0.25, 0.3) is 0 Å². The molecule has 23 heavy (non-hydrogen) atoms. The van der Waals surface area contributed by atoms with Crippen LogP contribution in [0.5, 0.6) is 5.75 Å². The van der Waals surface area contributed by atoms with E-state index in [2.05, 4.69) is 5.32 Å². The Hall–Kier alpha value is -1.60. The van der Waals surface area contributed by atoms with Crippen LogP contribution in [0, 0.1) is 0 Å². The van der Waals surface area contributed by atoms with Crippen LogP contribution in [-0.2, 0) is 10.0 Å². The van der Waals surface area contributed by atoms with E-state index in [0.717, 1.165) is 19.3 Å². The molecule has 128 valence electrons. The van der Waals surface area contributed by atoms with Crippen LogP contribution < -0.4 is 10.1 Å². The van der Waals surface area contributed by atoms with Crippen molar-refractivity contribution in [2.45, 2.75) is 32.2 Å². The molecule has 1 atom stereocenters. The lowest BCUT2D eigenvalue weighted by molar-refractivity contribution is 0.0955. The van der Waals surface area contributed by atoms with Crippen molar-refractivity contribution in [1.29, 1.82) is 0 Å². The molecule has 0 radical (unpaired) electrons. The number of nitrogens with one attached hydrogen (secondary N) is 1. The molecule has 0 aromatic heterocycles. The van der Waals surface area contributed by atoms with Crippen LogP contribution in [0.4, 0.5) is 0 Å². The first-order chi connectivity index (χ1) is 10.9. The van der Waals surface area contributed by atoms with Gasteiger partial charge in [0.15, 0.2) is 0 Å². The summed E-state index contributed by atoms with van der Waals surface area (Å²) in [5.74, 6) is 0.214. The van der Waals surface area contributed by atoms with E-state index < -0.39 is 10.0 Å². The van der Waals surface area contributed by atoms with Gasteiger partial charge in [0, 0.05) is 24.7 Å². The standard InChI is InChI=1S/C16H24N2O4S/c1-13-6-3-4-10-18(13)23(20,21)11-9-17-16(19)14-7-5-8-15(12-14)22-2/h5,7-8,12-13H,3-4,6,9-11H2,1-2H3,(H,17,19)/t13-/m0/s1. The largest absolute Gasteiger partial charge is 0.497 e. The fraction of sp³-hybridized carbons (Fsp3) is 0.562. The molecule has 1 heterocycles. The van der Waals surface area contributed by atoms with Gasteiger partial charge >= 0.3 is 0 Å². The predicted octanol–water partition coefficient (Wildman–Crippen LogP) is 1.63. The second kappa shape index (κ2) is 7.79. The van der Waals surface area contributed by atoms with Gasteiger partial charge in [0.2, 0.25) is 10.0 Å². The number of nitrogens with zero attached hydrogens (tertiary/aromatic N) is 1. The van der Waals surface area contributed by atoms with Crippen molar-refractivity contribution in [3.8, 4) is 5.75 Å². The van der Waals surface area contributed by atoms with Crippen LogP contribution in [0.1, 0.15) is 36.5 Å². The number of ether oxygens (including phenoxy) is 1. The van der Waals surface area contributed by atoms with Crippen molar-refractivity contribution in [3.05, 3.63) is 29.8 Å². The minimum atomic E-state index is -3.33. The van der Waals surface area contributed by atoms with Gasteiger partial charge in [0.05, 0.1) is 12.9 Å². The van der Waals surface area contributed by atoms with E-state index >= 15 is 0 Å². The predicted molar refractivity (Wildman–Crippen MR) is 89.1 cm³/mol. The van der Waals surface area contributed by atoms with E-state index in [0.29, 0.717) is 17.9 Å². The maximum absolute atomic E-state index is 12.4. The Labute approximate surface area is 137 Å². The number of piperidine rings is 1. The number of carbonyl (C=O) groups excluding carboxylic acids is 1. The lowest BCUT2D eigenvalue weighted by Gasteiger charge is -2.32. The van der Waals surface area contributed by atoms with Crippen molar-refractivity contribution >= 4 is 15.9 Å². The monoisotopic (exact) mass is 340 g/mol. The molecule has 0 saturated carbocycles. The number of hydrogen-bond acceptors (Lipinski definition) is 4. The minimum Gasteiger partial charge on any atom is -0.497 e. The number of benzene rings is 1. The Balaban J connectivity index is 1.89. The van der Waals surface area contributed by atoms with Crippen LogP contribution in [-0.4, -0.2) is 50.6 Å². The number of amides is 1. The summed E-state index contributed by atoms with van der Waals surface area (Å²) in [6.07, 6.45) is 2.87. The zero-order chi connectivity index (χ0) is 16.9. The third-order valence-electron chi connectivity index (χ3n) is 4.08. The van der Waals surface area contributed by atoms with Crippen molar-refractivity contribution in [2.75, 3.05) is 26.0 Å². The highest BCUT2D eigenvalue weighted by molar-refractivity contribution is 7.89. The van der Waals surface area contributed by atoms with Gasteiger partial charge in [-0.25, -0.2) is 8.42 Å². The Morgan fingerprint density at radius 3 is 2.87 bits per heavy atom. The van der Waals surface area contributed by atoms with Gasteiger partial charge in [-0.3, -0.25) is 4.79 Å². The van der Waals surface area contributed by atoms with E-state index in [1.165, 1.54) is 7.11 Å². The van der Waals surface area contributed by atoms with Crippen molar-refractivity contribution < 1.29 is 17.9 Å². The van der Waals surface area contributed by atoms with Gasteiger partial charge in [-0.1, -0.05) is 12.5 Å². The van der Waals surface area contributed by atoms with Crippen LogP contribution in [0.2, 0.25) is 0 Å². The molecule has 1 N–H and O–H groups in total. The molecular formula is C16H24N2O4S. The quantitative estimate of drug-likeness (QED) is 0.854. The van der Waals surface area contributed by atoms with Gasteiger partial charge in [-0.15, -0.1) is 0 Å². The van der Waals surface area contributed by atoms with Crippen molar-refractivity contribution in [1.82, 2.24) is 9.62 Å². The lowest BCUT2D eigenvalue weighted by Crippen LogP contribution is -2.45. The van der Waals surface area contributed by atoms with Gasteiger partial charge in [0.1, 0.15) is 5.75 Å². The normalized spacial score (nSPS) is 19.3. The molecule has 1 aliphatic rings. The molecule has 2 rings (SSSR count). The van der Waals surface area contributed by atoms with Crippen molar-refractivity contribution in [3.63, 3.8) is 0 Å². The molecule has 7 heteroatoms. The summed E-state index contributed by atoms with van der Waals surface area (Å²) < 4.78 is 31.4. The molecule has 1 aromatic rings. The molecule has 1 amide bonds. The minimum absolute atomic E-state index is 0.0443. The van der Waals surface area contributed by atoms with E-state index in [-0.39, 0.29) is 24.2 Å². The summed E-state index contributed by atoms with van der Waals surface area (Å²) in [6, 6.07) is 6.80. The maximum atomic E-state index is 12.4. The Morgan fingerprint density at radius 2 is 2.17 bits per heavy atom. The number of carbonyl (C=O) groups is 1. The summed E-state index contributed by atoms with van der Waals surface area (Å²) in [4.78, 5) is 12.1. The molecule has 0 spiro atoms. The summed E-state index contributed by atoms with van der Waals surface area (Å²) in [5.41, 5.74) is 0.452. The average Bonchev–Trinajstić information content (AvgIpc) is 2.55. The zero-order valence-electron chi connectivity index (χ0n) is 13.6. The zero-order valence-corrected chi connectivity index (χ0v) is 14.4. The summed E-state index contributed by atoms with van der Waals surface area (Å²) >= 11 is 0. The smallest absolute Gasteiger partial charge is 0.251 e. The first kappa shape index (κ1) is 17.7. The summed E-state index contributed by atoms with van der Waals surface area (Å²) in [5, 5.41) is 2.66. The van der Waals surface area contributed by atoms with E-state index in [1.54, 1.807) is 28.6 Å². The highest BCUT2D eigenvalue weighted by Crippen LogP contribution is 2.20. The molecule has 1 aromatic carbocycles. The van der Waals surface area contributed by atoms with Crippen LogP contribution >= 0.6 is 0 Å². The molecule has 1 saturated heterocycles. The molecule has 1 fully saturated rings. The summed E-state index contributed by atoms with van der Waals surface area (Å²) in [7, 11) is -1.80. The SMILES string of the molecule is COc1cccc(C(=O)NCCS(=O)(=O)N2CCCC[C@@H]2C)c1. The average molecular weight is 340 g/mol. The number of methoxy groups -OCH3 is 1. The second-order valence-electron chi connectivity index (χ2n) is 5.76. The molecule has 1 aliphatic heterocycles. The Morgan fingerprint density at radius 1 is 1.39 bits per heavy atom. The van der Waals surface area contributed by atoms with E-state index in [4.69, 9.17) is 4.74 Å². The molecule has 6 nitrogen and oxygen atoms in total. The Bertz CT molecular complexity index is 645. The second-order valence-corrected chi connectivity index (χ2v) is 7.80. The molecule has 0 bridgehead atoms. The number of sulfonamides is 1. The first-order valence-corrected chi connectivity index (χ1v) is 9.47. The first-order valence-electron chi connectivity index (χ1n) is 7.86. The molecular weight excluding hydrogens is 316 g/mol. The van der Waals surface area contributed by atoms with Crippen LogP contribution in [0.15, 0.2) is 24.3 Å². The van der Waals surface area contributed by atoms with Gasteiger partial charge < -0.3 is 10.1 Å². The lowest BCUT2D eigenvalue weighted by atomic mass is 10.1. The topological polar surface area (TPSA) is 75.7 Å². The van der Waals surface area contributed by atoms with Crippen molar-refractivity contribution in [2.24, 2.45) is 0 Å². The van der Waals surface area contributed by atoms with E-state index in [9.17, 15) is 13.2 Å². The fourth-order valence-corrected chi connectivity index (χ4v) is 4.42. The highest BCUT2D eigenvalue weighted by atomic mass is 32.2. The van der Waals surface area contributed by atoms with Crippen LogP contribution in [0.3, 0.4) is 0 Å².